The van der Waals surface area contributed by atoms with E-state index in [0.29, 0.717) is 41.1 Å². The number of carboxylic acids is 1. The largest absolute Gasteiger partial charge is 0.478 e. The fourth-order valence-electron chi connectivity index (χ4n) is 4.40. The van der Waals surface area contributed by atoms with E-state index in [1.165, 1.54) is 37.4 Å². The summed E-state index contributed by atoms with van der Waals surface area (Å²) in [6, 6.07) is 11.7. The highest BCUT2D eigenvalue weighted by Crippen LogP contribution is 2.34. The summed E-state index contributed by atoms with van der Waals surface area (Å²) in [4.78, 5) is 16.0. The summed E-state index contributed by atoms with van der Waals surface area (Å²) in [6.45, 7) is 2.30. The first-order valence-electron chi connectivity index (χ1n) is 12.3. The Morgan fingerprint density at radius 3 is 2.52 bits per heavy atom. The third-order valence-electron chi connectivity index (χ3n) is 6.49. The summed E-state index contributed by atoms with van der Waals surface area (Å²) < 4.78 is 61.7. The van der Waals surface area contributed by atoms with Gasteiger partial charge in [-0.05, 0) is 66.0 Å². The van der Waals surface area contributed by atoms with Gasteiger partial charge in [-0.1, -0.05) is 12.1 Å². The lowest BCUT2D eigenvalue weighted by Crippen LogP contribution is -2.10. The summed E-state index contributed by atoms with van der Waals surface area (Å²) >= 11 is 1.06. The minimum absolute atomic E-state index is 0.0758. The van der Waals surface area contributed by atoms with E-state index in [2.05, 4.69) is 9.36 Å². The van der Waals surface area contributed by atoms with Crippen LogP contribution in [0.5, 0.6) is 5.88 Å². The van der Waals surface area contributed by atoms with E-state index in [4.69, 9.17) is 9.47 Å². The van der Waals surface area contributed by atoms with Crippen LogP contribution in [0.3, 0.4) is 0 Å². The highest BCUT2D eigenvalue weighted by molar-refractivity contribution is 7.04. The maximum Gasteiger partial charge on any atom is 0.335 e. The van der Waals surface area contributed by atoms with Gasteiger partial charge in [-0.25, -0.2) is 22.9 Å². The van der Waals surface area contributed by atoms with Crippen molar-refractivity contribution in [1.29, 1.82) is 0 Å². The van der Waals surface area contributed by atoms with Crippen molar-refractivity contribution in [2.24, 2.45) is 0 Å². The van der Waals surface area contributed by atoms with Crippen LogP contribution in [0, 0.1) is 24.4 Å². The molecule has 0 fully saturated rings. The smallest absolute Gasteiger partial charge is 0.335 e. The quantitative estimate of drug-likeness (QED) is 0.210. The van der Waals surface area contributed by atoms with E-state index in [1.54, 1.807) is 35.1 Å². The summed E-state index contributed by atoms with van der Waals surface area (Å²) in [6.07, 6.45) is -0.170. The second-order valence-electron chi connectivity index (χ2n) is 9.19. The van der Waals surface area contributed by atoms with Crippen molar-refractivity contribution >= 4 is 28.5 Å². The number of aromatic nitrogens is 3. The number of fused-ring (bicyclic) bond motifs is 1. The summed E-state index contributed by atoms with van der Waals surface area (Å²) in [7, 11) is 1.52. The lowest BCUT2D eigenvalue weighted by molar-refractivity contribution is 0.0697. The van der Waals surface area contributed by atoms with Crippen molar-refractivity contribution in [2.45, 2.75) is 26.5 Å². The molecule has 0 aliphatic heterocycles. The van der Waals surface area contributed by atoms with Gasteiger partial charge in [0, 0.05) is 36.6 Å². The van der Waals surface area contributed by atoms with E-state index >= 15 is 8.78 Å². The Balaban J connectivity index is 1.44. The Kier molecular flexibility index (Phi) is 7.85. The van der Waals surface area contributed by atoms with Crippen molar-refractivity contribution in [2.75, 3.05) is 13.7 Å². The lowest BCUT2D eigenvalue weighted by Gasteiger charge is -2.12. The SMILES string of the molecule is COCCn1c(Cc2c(F)cc(-c3csnc3OCc3ccc(C)cc3F)cc2F)nc2ccc(C(=O)O)cc21. The van der Waals surface area contributed by atoms with Gasteiger partial charge < -0.3 is 19.1 Å². The molecule has 1 N–H and O–H groups in total. The standard InChI is InChI=1S/C29H24F3N3O4S/c1-16-3-4-18(22(30)9-16)14-39-28-21(15-40-34-28)19-10-23(31)20(24(32)11-19)13-27-33-25-6-5-17(29(36)37)12-26(25)35(27)7-8-38-2/h3-6,9-12,15H,7-8,13-14H2,1-2H3,(H,36,37). The molecule has 5 aromatic rings. The molecule has 0 spiro atoms. The minimum atomic E-state index is -1.09. The van der Waals surface area contributed by atoms with E-state index in [-0.39, 0.29) is 35.6 Å². The molecule has 0 atom stereocenters. The Morgan fingerprint density at radius 2 is 1.82 bits per heavy atom. The van der Waals surface area contributed by atoms with Crippen molar-refractivity contribution in [1.82, 2.24) is 13.9 Å². The van der Waals surface area contributed by atoms with Crippen molar-refractivity contribution in [3.8, 4) is 17.0 Å². The molecule has 40 heavy (non-hydrogen) atoms. The normalized spacial score (nSPS) is 11.3. The second kappa shape index (κ2) is 11.5. The fourth-order valence-corrected chi connectivity index (χ4v) is 5.04. The van der Waals surface area contributed by atoms with E-state index in [0.717, 1.165) is 17.1 Å². The van der Waals surface area contributed by atoms with Gasteiger partial charge in [0.25, 0.3) is 0 Å². The maximum atomic E-state index is 15.4. The third kappa shape index (κ3) is 5.56. The zero-order chi connectivity index (χ0) is 28.4. The first kappa shape index (κ1) is 27.4. The van der Waals surface area contributed by atoms with Gasteiger partial charge in [0.15, 0.2) is 0 Å². The van der Waals surface area contributed by atoms with Gasteiger partial charge in [0.2, 0.25) is 5.88 Å². The number of aryl methyl sites for hydroxylation is 1. The Bertz CT molecular complexity index is 1690. The number of ether oxygens (including phenoxy) is 2. The molecule has 0 saturated carbocycles. The second-order valence-corrected chi connectivity index (χ2v) is 9.82. The van der Waals surface area contributed by atoms with E-state index < -0.39 is 23.4 Å². The number of nitrogens with zero attached hydrogens (tertiary/aromatic N) is 3. The molecule has 0 bridgehead atoms. The van der Waals surface area contributed by atoms with Gasteiger partial charge in [0.05, 0.1) is 28.8 Å². The van der Waals surface area contributed by atoms with Crippen molar-refractivity contribution < 1.29 is 32.5 Å². The van der Waals surface area contributed by atoms with Crippen LogP contribution in [-0.2, 0) is 24.3 Å². The number of benzene rings is 3. The Labute approximate surface area is 231 Å². The van der Waals surface area contributed by atoms with Gasteiger partial charge in [0.1, 0.15) is 29.9 Å². The predicted molar refractivity (Wildman–Crippen MR) is 144 cm³/mol. The molecule has 2 aromatic heterocycles. The summed E-state index contributed by atoms with van der Waals surface area (Å²) in [5.41, 5.74) is 2.65. The molecule has 11 heteroatoms. The van der Waals surface area contributed by atoms with Crippen LogP contribution in [0.15, 0.2) is 53.9 Å². The monoisotopic (exact) mass is 567 g/mol. The predicted octanol–water partition coefficient (Wildman–Crippen LogP) is 6.40. The summed E-state index contributed by atoms with van der Waals surface area (Å²) in [5.74, 6) is -2.56. The average molecular weight is 568 g/mol. The molecule has 3 aromatic carbocycles. The molecular formula is C29H24F3N3O4S. The number of halogens is 3. The number of hydrogen-bond donors (Lipinski definition) is 1. The molecule has 0 amide bonds. The van der Waals surface area contributed by atoms with Gasteiger partial charge in [-0.15, -0.1) is 0 Å². The molecule has 0 aliphatic carbocycles. The molecule has 0 radical (unpaired) electrons. The average Bonchev–Trinajstić information content (AvgIpc) is 3.52. The number of carboxylic acid groups (broad SMARTS) is 1. The van der Waals surface area contributed by atoms with Crippen LogP contribution in [0.1, 0.15) is 32.9 Å². The molecule has 7 nitrogen and oxygen atoms in total. The van der Waals surface area contributed by atoms with Gasteiger partial charge >= 0.3 is 5.97 Å². The molecule has 5 rings (SSSR count). The lowest BCUT2D eigenvalue weighted by atomic mass is 10.0. The summed E-state index contributed by atoms with van der Waals surface area (Å²) in [5, 5.41) is 11.0. The first-order chi connectivity index (χ1) is 19.2. The van der Waals surface area contributed by atoms with Crippen LogP contribution in [0.2, 0.25) is 0 Å². The molecular weight excluding hydrogens is 543 g/mol. The van der Waals surface area contributed by atoms with Crippen LogP contribution >= 0.6 is 11.5 Å². The highest BCUT2D eigenvalue weighted by Gasteiger charge is 2.20. The molecule has 2 heterocycles. The number of aromatic carboxylic acids is 1. The maximum absolute atomic E-state index is 15.4. The van der Waals surface area contributed by atoms with Crippen molar-refractivity contribution in [3.05, 3.63) is 99.4 Å². The molecule has 0 saturated heterocycles. The number of imidazole rings is 1. The molecule has 0 unspecified atom stereocenters. The van der Waals surface area contributed by atoms with Crippen LogP contribution in [0.4, 0.5) is 13.2 Å². The van der Waals surface area contributed by atoms with Gasteiger partial charge in [-0.2, -0.15) is 4.37 Å². The van der Waals surface area contributed by atoms with Crippen LogP contribution < -0.4 is 4.74 Å². The molecule has 0 aliphatic rings. The van der Waals surface area contributed by atoms with E-state index in [1.807, 2.05) is 0 Å². The topological polar surface area (TPSA) is 86.5 Å². The number of methoxy groups -OCH3 is 1. The minimum Gasteiger partial charge on any atom is -0.478 e. The Morgan fingerprint density at radius 1 is 1.05 bits per heavy atom. The highest BCUT2D eigenvalue weighted by atomic mass is 32.1. The zero-order valence-electron chi connectivity index (χ0n) is 21.6. The number of rotatable bonds is 10. The van der Waals surface area contributed by atoms with Crippen LogP contribution in [-0.4, -0.2) is 38.7 Å². The third-order valence-corrected chi connectivity index (χ3v) is 7.10. The first-order valence-corrected chi connectivity index (χ1v) is 13.1. The Hall–Kier alpha value is -4.22. The fraction of sp³-hybridized carbons (Fsp3) is 0.207. The number of carbonyl (C=O) groups is 1. The molecule has 206 valence electrons. The van der Waals surface area contributed by atoms with Crippen LogP contribution in [0.25, 0.3) is 22.2 Å². The van der Waals surface area contributed by atoms with Crippen molar-refractivity contribution in [3.63, 3.8) is 0 Å². The number of hydrogen-bond acceptors (Lipinski definition) is 6. The van der Waals surface area contributed by atoms with Gasteiger partial charge in [-0.3, -0.25) is 0 Å². The van der Waals surface area contributed by atoms with E-state index in [9.17, 15) is 14.3 Å². The zero-order valence-corrected chi connectivity index (χ0v) is 22.4.